The molecule has 2 heterocycles. The molecule has 0 bridgehead atoms. The van der Waals surface area contributed by atoms with Crippen LogP contribution in [0.4, 0.5) is 0 Å². The van der Waals surface area contributed by atoms with E-state index in [9.17, 15) is 19.8 Å². The molecule has 2 rings (SSSR count). The van der Waals surface area contributed by atoms with Crippen LogP contribution < -0.4 is 0 Å². The van der Waals surface area contributed by atoms with E-state index in [1.807, 2.05) is 32.8 Å². The summed E-state index contributed by atoms with van der Waals surface area (Å²) in [5.41, 5.74) is -2.45. The summed E-state index contributed by atoms with van der Waals surface area (Å²) in [7, 11) is 5.44. The monoisotopic (exact) mass is 629 g/mol. The highest BCUT2D eigenvalue weighted by atomic mass is 16.7. The maximum Gasteiger partial charge on any atom is 0.319 e. The van der Waals surface area contributed by atoms with Crippen LogP contribution in [0.2, 0.25) is 0 Å². The van der Waals surface area contributed by atoms with Crippen LogP contribution in [0.3, 0.4) is 0 Å². The average Bonchev–Trinajstić information content (AvgIpc) is 2.97. The van der Waals surface area contributed by atoms with Crippen LogP contribution in [-0.2, 0) is 28.5 Å². The Labute approximate surface area is 266 Å². The molecule has 44 heavy (non-hydrogen) atoms. The minimum atomic E-state index is -1.48. The molecule has 11 nitrogen and oxygen atoms in total. The quantitative estimate of drug-likeness (QED) is 0.259. The lowest BCUT2D eigenvalue weighted by Crippen LogP contribution is -2.59. The number of ketones is 1. The Morgan fingerprint density at radius 3 is 2.27 bits per heavy atom. The molecular weight excluding hydrogens is 566 g/mol. The third-order valence-electron chi connectivity index (χ3n) is 9.87. The zero-order valence-corrected chi connectivity index (χ0v) is 29.4. The fourth-order valence-electron chi connectivity index (χ4n) is 6.96. The van der Waals surface area contributed by atoms with Gasteiger partial charge < -0.3 is 39.0 Å². The molecule has 0 saturated carbocycles. The first-order valence-electron chi connectivity index (χ1n) is 16.5. The second-order valence-electron chi connectivity index (χ2n) is 14.0. The van der Waals surface area contributed by atoms with Crippen LogP contribution in [-0.4, -0.2) is 146 Å². The second kappa shape index (κ2) is 17.1. The number of aliphatic hydroxyl groups is 2. The van der Waals surface area contributed by atoms with Crippen LogP contribution in [0.1, 0.15) is 74.7 Å². The van der Waals surface area contributed by atoms with E-state index in [4.69, 9.17) is 18.9 Å². The topological polar surface area (TPSA) is 121 Å². The first-order chi connectivity index (χ1) is 20.6. The van der Waals surface area contributed by atoms with Gasteiger partial charge in [-0.3, -0.25) is 14.5 Å². The summed E-state index contributed by atoms with van der Waals surface area (Å²) in [4.78, 5) is 34.1. The van der Waals surface area contributed by atoms with Gasteiger partial charge in [0, 0.05) is 25.6 Å². The highest BCUT2D eigenvalue weighted by Crippen LogP contribution is 2.38. The Bertz CT molecular complexity index is 900. The third-order valence-corrected chi connectivity index (χ3v) is 9.87. The summed E-state index contributed by atoms with van der Waals surface area (Å²) in [5, 5.41) is 21.7. The van der Waals surface area contributed by atoms with Gasteiger partial charge in [0.15, 0.2) is 12.1 Å². The molecule has 0 unspecified atom stereocenters. The number of rotatable bonds is 11. The minimum absolute atomic E-state index is 0.00813. The summed E-state index contributed by atoms with van der Waals surface area (Å²) in [6, 6.07) is -0.595. The van der Waals surface area contributed by atoms with Crippen LogP contribution in [0.15, 0.2) is 0 Å². The van der Waals surface area contributed by atoms with E-state index in [-0.39, 0.29) is 37.1 Å². The van der Waals surface area contributed by atoms with Gasteiger partial charge in [0.1, 0.15) is 18.1 Å². The van der Waals surface area contributed by atoms with Gasteiger partial charge in [-0.2, -0.15) is 0 Å². The first-order valence-corrected chi connectivity index (χ1v) is 16.5. The van der Waals surface area contributed by atoms with Crippen molar-refractivity contribution in [3.63, 3.8) is 0 Å². The molecule has 0 aromatic rings. The Kier molecular flexibility index (Phi) is 15.2. The molecule has 0 radical (unpaired) electrons. The zero-order chi connectivity index (χ0) is 33.4. The Hall–Kier alpha value is -1.18. The standard InChI is InChI=1S/C33H63N3O8/c1-12-35(13-2)15-14-16-36-19-22(3)18-33(8,41-11)29(44-30-27(38)26(34(9)10)17-23(4)43-30)24(5)28(39)32(6,7)31(40)42-21-25(36)20-37/h22-27,29-30,37-38H,12-21H2,1-11H3/t22-,23-,24+,25-,26+,27-,29-,30+,33-/m1/s1. The van der Waals surface area contributed by atoms with Gasteiger partial charge in [0.25, 0.3) is 0 Å². The van der Waals surface area contributed by atoms with Gasteiger partial charge in [0.2, 0.25) is 0 Å². The third kappa shape index (κ3) is 9.67. The van der Waals surface area contributed by atoms with E-state index in [1.165, 1.54) is 0 Å². The molecule has 0 aromatic carbocycles. The van der Waals surface area contributed by atoms with E-state index >= 15 is 0 Å². The Morgan fingerprint density at radius 2 is 1.73 bits per heavy atom. The summed E-state index contributed by atoms with van der Waals surface area (Å²) >= 11 is 0. The highest BCUT2D eigenvalue weighted by Gasteiger charge is 2.51. The van der Waals surface area contributed by atoms with Gasteiger partial charge >= 0.3 is 5.97 Å². The number of carbonyl (C=O) groups is 2. The van der Waals surface area contributed by atoms with Gasteiger partial charge in [-0.25, -0.2) is 0 Å². The molecule has 11 heteroatoms. The normalized spacial score (nSPS) is 36.5. The molecule has 2 N–H and O–H groups in total. The van der Waals surface area contributed by atoms with Gasteiger partial charge in [0.05, 0.1) is 30.5 Å². The SMILES string of the molecule is CCN(CC)CCCN1C[C@H](C)C[C@@](C)(OC)[C@H](O[C@@H]2O[C@H](C)C[C@H](N(C)C)[C@H]2O)[C@@H](C)C(=O)C(C)(C)C(=O)OC[C@H]1CO. The van der Waals surface area contributed by atoms with Crippen LogP contribution in [0.25, 0.3) is 0 Å². The first kappa shape index (κ1) is 39.0. The molecule has 0 aromatic heterocycles. The van der Waals surface area contributed by atoms with E-state index in [1.54, 1.807) is 27.9 Å². The summed E-state index contributed by atoms with van der Waals surface area (Å²) in [6.45, 7) is 19.2. The largest absolute Gasteiger partial charge is 0.463 e. The fraction of sp³-hybridized carbons (Fsp3) is 0.939. The molecule has 2 aliphatic rings. The van der Waals surface area contributed by atoms with Crippen LogP contribution >= 0.6 is 0 Å². The molecule has 2 aliphatic heterocycles. The van der Waals surface area contributed by atoms with Gasteiger partial charge in [-0.05, 0) is 93.1 Å². The average molecular weight is 630 g/mol. The number of nitrogens with zero attached hydrogens (tertiary/aromatic N) is 3. The lowest BCUT2D eigenvalue weighted by atomic mass is 9.74. The zero-order valence-electron chi connectivity index (χ0n) is 29.4. The van der Waals surface area contributed by atoms with Crippen molar-refractivity contribution in [2.45, 2.75) is 117 Å². The lowest BCUT2D eigenvalue weighted by Gasteiger charge is -2.47. The number of hydrogen-bond acceptors (Lipinski definition) is 11. The second-order valence-corrected chi connectivity index (χ2v) is 14.0. The van der Waals surface area contributed by atoms with E-state index in [0.717, 1.165) is 32.6 Å². The van der Waals surface area contributed by atoms with Crippen molar-refractivity contribution in [3.05, 3.63) is 0 Å². The number of likely N-dealkylation sites (N-methyl/N-ethyl adjacent to an activating group) is 1. The maximum atomic E-state index is 14.1. The smallest absolute Gasteiger partial charge is 0.319 e. The molecule has 2 saturated heterocycles. The lowest BCUT2D eigenvalue weighted by molar-refractivity contribution is -0.295. The van der Waals surface area contributed by atoms with Crippen molar-refractivity contribution in [1.29, 1.82) is 0 Å². The number of cyclic esters (lactones) is 1. The predicted molar refractivity (Wildman–Crippen MR) is 170 cm³/mol. The molecular formula is C33H63N3O8. The summed E-state index contributed by atoms with van der Waals surface area (Å²) < 4.78 is 24.7. The summed E-state index contributed by atoms with van der Waals surface area (Å²) in [6.07, 6.45) is -0.880. The predicted octanol–water partition coefficient (Wildman–Crippen LogP) is 2.41. The molecule has 0 aliphatic carbocycles. The Balaban J connectivity index is 2.51. The maximum absolute atomic E-state index is 14.1. The van der Waals surface area contributed by atoms with Crippen molar-refractivity contribution in [1.82, 2.24) is 14.7 Å². The number of Topliss-reactive ketones (excluding diaryl/α,β-unsaturated/α-hetero) is 1. The van der Waals surface area contributed by atoms with Crippen molar-refractivity contribution in [3.8, 4) is 0 Å². The number of aliphatic hydroxyl groups excluding tert-OH is 2. The number of carbonyl (C=O) groups excluding carboxylic acids is 2. The summed E-state index contributed by atoms with van der Waals surface area (Å²) in [5.74, 6) is -1.72. The van der Waals surface area contributed by atoms with Crippen molar-refractivity contribution < 1.29 is 38.7 Å². The molecule has 0 amide bonds. The van der Waals surface area contributed by atoms with Crippen molar-refractivity contribution in [2.24, 2.45) is 17.3 Å². The Morgan fingerprint density at radius 1 is 1.09 bits per heavy atom. The minimum Gasteiger partial charge on any atom is -0.463 e. The number of ether oxygens (including phenoxy) is 4. The number of esters is 1. The van der Waals surface area contributed by atoms with Crippen LogP contribution in [0.5, 0.6) is 0 Å². The molecule has 2 fully saturated rings. The molecule has 9 atom stereocenters. The van der Waals surface area contributed by atoms with Gasteiger partial charge in [-0.15, -0.1) is 0 Å². The highest BCUT2D eigenvalue weighted by molar-refractivity contribution is 6.04. The van der Waals surface area contributed by atoms with E-state index in [0.29, 0.717) is 19.4 Å². The van der Waals surface area contributed by atoms with E-state index < -0.39 is 47.4 Å². The molecule has 0 spiro atoms. The van der Waals surface area contributed by atoms with E-state index in [2.05, 4.69) is 30.6 Å². The van der Waals surface area contributed by atoms with Crippen LogP contribution in [0, 0.1) is 17.3 Å². The fourth-order valence-corrected chi connectivity index (χ4v) is 6.96. The molecule has 258 valence electrons. The van der Waals surface area contributed by atoms with Gasteiger partial charge in [-0.1, -0.05) is 27.7 Å². The number of hydrogen-bond donors (Lipinski definition) is 2. The van der Waals surface area contributed by atoms with Crippen molar-refractivity contribution in [2.75, 3.05) is 67.1 Å². The number of methoxy groups -OCH3 is 1. The van der Waals surface area contributed by atoms with Crippen molar-refractivity contribution >= 4 is 11.8 Å².